The second-order valence-electron chi connectivity index (χ2n) is 5.46. The van der Waals surface area contributed by atoms with E-state index in [0.29, 0.717) is 32.5 Å². The number of amides is 2. The van der Waals surface area contributed by atoms with Crippen LogP contribution in [0.5, 0.6) is 0 Å². The van der Waals surface area contributed by atoms with E-state index in [1.807, 2.05) is 17.0 Å². The summed E-state index contributed by atoms with van der Waals surface area (Å²) in [7, 11) is 0. The van der Waals surface area contributed by atoms with Crippen LogP contribution in [0.2, 0.25) is 4.34 Å². The number of nitrogens with zero attached hydrogens (tertiary/aromatic N) is 1. The van der Waals surface area contributed by atoms with Gasteiger partial charge in [0.1, 0.15) is 0 Å². The van der Waals surface area contributed by atoms with Gasteiger partial charge in [0.25, 0.3) is 0 Å². The van der Waals surface area contributed by atoms with Crippen molar-refractivity contribution >= 4 is 34.8 Å². The van der Waals surface area contributed by atoms with Gasteiger partial charge in [-0.05, 0) is 31.4 Å². The van der Waals surface area contributed by atoms with Crippen LogP contribution in [0.25, 0.3) is 0 Å². The van der Waals surface area contributed by atoms with Gasteiger partial charge in [0.15, 0.2) is 0 Å². The zero-order valence-electron chi connectivity index (χ0n) is 12.5. The number of nitrogens with one attached hydrogen (secondary N) is 1. The third kappa shape index (κ3) is 4.97. The molecule has 0 saturated carbocycles. The molecule has 7 heteroatoms. The van der Waals surface area contributed by atoms with Gasteiger partial charge in [-0.15, -0.1) is 11.3 Å². The Bertz CT molecular complexity index is 521. The van der Waals surface area contributed by atoms with Crippen LogP contribution in [0, 0.1) is 5.92 Å². The summed E-state index contributed by atoms with van der Waals surface area (Å²) in [6.07, 6.45) is 2.88. The molecule has 1 aromatic rings. The highest BCUT2D eigenvalue weighted by molar-refractivity contribution is 7.16. The van der Waals surface area contributed by atoms with E-state index in [1.165, 1.54) is 11.3 Å². The Morgan fingerprint density at radius 2 is 2.27 bits per heavy atom. The van der Waals surface area contributed by atoms with E-state index in [0.717, 1.165) is 28.6 Å². The highest BCUT2D eigenvalue weighted by atomic mass is 35.5. The third-order valence-corrected chi connectivity index (χ3v) is 5.09. The zero-order valence-corrected chi connectivity index (χ0v) is 14.1. The topological polar surface area (TPSA) is 75.4 Å². The largest absolute Gasteiger partial charge is 0.355 e. The van der Waals surface area contributed by atoms with Crippen molar-refractivity contribution in [3.05, 3.63) is 21.3 Å². The Hall–Kier alpha value is -1.11. The Morgan fingerprint density at radius 1 is 1.45 bits per heavy atom. The number of nitrogens with two attached hydrogens (primary N) is 1. The lowest BCUT2D eigenvalue weighted by atomic mass is 9.96. The molecule has 3 N–H and O–H groups in total. The summed E-state index contributed by atoms with van der Waals surface area (Å²) in [4.78, 5) is 27.2. The molecule has 1 aliphatic rings. The van der Waals surface area contributed by atoms with E-state index >= 15 is 0 Å². The quantitative estimate of drug-likeness (QED) is 0.824. The fraction of sp³-hybridized carbons (Fsp3) is 0.600. The van der Waals surface area contributed by atoms with Crippen LogP contribution in [0.1, 0.15) is 24.1 Å². The van der Waals surface area contributed by atoms with E-state index in [4.69, 9.17) is 17.3 Å². The van der Waals surface area contributed by atoms with Crippen LogP contribution < -0.4 is 11.1 Å². The summed E-state index contributed by atoms with van der Waals surface area (Å²) >= 11 is 7.40. The van der Waals surface area contributed by atoms with E-state index in [1.54, 1.807) is 0 Å². The molecular formula is C15H22ClN3O2S. The Kier molecular flexibility index (Phi) is 6.67. The maximum absolute atomic E-state index is 12.3. The number of hydrogen-bond acceptors (Lipinski definition) is 4. The number of likely N-dealkylation sites (tertiary alicyclic amines) is 1. The Balaban J connectivity index is 1.80. The molecule has 1 fully saturated rings. The van der Waals surface area contributed by atoms with Gasteiger partial charge in [0, 0.05) is 37.5 Å². The first-order valence-electron chi connectivity index (χ1n) is 7.60. The molecule has 2 rings (SSSR count). The van der Waals surface area contributed by atoms with Gasteiger partial charge in [-0.25, -0.2) is 0 Å². The van der Waals surface area contributed by atoms with Crippen molar-refractivity contribution in [3.63, 3.8) is 0 Å². The monoisotopic (exact) mass is 343 g/mol. The summed E-state index contributed by atoms with van der Waals surface area (Å²) in [6.45, 7) is 2.18. The Morgan fingerprint density at radius 3 is 2.95 bits per heavy atom. The first-order chi connectivity index (χ1) is 10.6. The number of carbonyl (C=O) groups is 2. The summed E-state index contributed by atoms with van der Waals surface area (Å²) in [6, 6.07) is 3.81. The van der Waals surface area contributed by atoms with Gasteiger partial charge >= 0.3 is 0 Å². The number of aryl methyl sites for hydroxylation is 1. The van der Waals surface area contributed by atoms with Crippen molar-refractivity contribution in [1.82, 2.24) is 10.2 Å². The van der Waals surface area contributed by atoms with Crippen LogP contribution in [0.3, 0.4) is 0 Å². The highest BCUT2D eigenvalue weighted by Gasteiger charge is 2.27. The van der Waals surface area contributed by atoms with Crippen LogP contribution in [0.15, 0.2) is 12.1 Å². The van der Waals surface area contributed by atoms with Crippen LogP contribution in [-0.2, 0) is 16.0 Å². The molecule has 1 atom stereocenters. The normalized spacial score (nSPS) is 18.3. The fourth-order valence-corrected chi connectivity index (χ4v) is 3.72. The predicted octanol–water partition coefficient (Wildman–Crippen LogP) is 1.65. The minimum atomic E-state index is -0.111. The molecule has 2 amide bonds. The van der Waals surface area contributed by atoms with Crippen molar-refractivity contribution in [1.29, 1.82) is 0 Å². The van der Waals surface area contributed by atoms with Crippen molar-refractivity contribution in [2.24, 2.45) is 11.7 Å². The number of rotatable bonds is 6. The van der Waals surface area contributed by atoms with Crippen LogP contribution in [0.4, 0.5) is 0 Å². The third-order valence-electron chi connectivity index (χ3n) is 3.80. The molecule has 2 heterocycles. The molecular weight excluding hydrogens is 322 g/mol. The summed E-state index contributed by atoms with van der Waals surface area (Å²) in [5.41, 5.74) is 5.39. The molecule has 0 radical (unpaired) electrons. The van der Waals surface area contributed by atoms with Crippen molar-refractivity contribution in [3.8, 4) is 0 Å². The minimum Gasteiger partial charge on any atom is -0.355 e. The van der Waals surface area contributed by atoms with Crippen molar-refractivity contribution in [2.45, 2.75) is 25.7 Å². The molecule has 1 unspecified atom stereocenters. The lowest BCUT2D eigenvalue weighted by molar-refractivity contribution is -0.135. The van der Waals surface area contributed by atoms with Gasteiger partial charge in [0.2, 0.25) is 11.8 Å². The SMILES string of the molecule is NCCNC(=O)C1CCCN(C(=O)CCc2ccc(Cl)s2)C1. The lowest BCUT2D eigenvalue weighted by Gasteiger charge is -2.32. The molecule has 0 aromatic carbocycles. The molecule has 22 heavy (non-hydrogen) atoms. The zero-order chi connectivity index (χ0) is 15.9. The number of halogens is 1. The van der Waals surface area contributed by atoms with Crippen LogP contribution >= 0.6 is 22.9 Å². The van der Waals surface area contributed by atoms with E-state index in [-0.39, 0.29) is 17.7 Å². The summed E-state index contributed by atoms with van der Waals surface area (Å²) in [5.74, 6) is 0.00858. The van der Waals surface area contributed by atoms with Crippen molar-refractivity contribution < 1.29 is 9.59 Å². The maximum Gasteiger partial charge on any atom is 0.224 e. The highest BCUT2D eigenvalue weighted by Crippen LogP contribution is 2.23. The molecule has 5 nitrogen and oxygen atoms in total. The Labute approximate surface area is 139 Å². The predicted molar refractivity (Wildman–Crippen MR) is 89.0 cm³/mol. The molecule has 1 aliphatic heterocycles. The second-order valence-corrected chi connectivity index (χ2v) is 7.26. The number of hydrogen-bond donors (Lipinski definition) is 2. The minimum absolute atomic E-state index is 0.00740. The summed E-state index contributed by atoms with van der Waals surface area (Å²) < 4.78 is 0.747. The second kappa shape index (κ2) is 8.50. The number of piperidine rings is 1. The van der Waals surface area contributed by atoms with Crippen molar-refractivity contribution in [2.75, 3.05) is 26.2 Å². The lowest BCUT2D eigenvalue weighted by Crippen LogP contribution is -2.46. The molecule has 122 valence electrons. The molecule has 1 aromatic heterocycles. The number of thiophene rings is 1. The van der Waals surface area contributed by atoms with Crippen LogP contribution in [-0.4, -0.2) is 42.9 Å². The standard InChI is InChI=1S/C15H22ClN3O2S/c16-13-5-3-12(22-13)4-6-14(20)19-9-1-2-11(10-19)15(21)18-8-7-17/h3,5,11H,1-2,4,6-10,17H2,(H,18,21). The average Bonchev–Trinajstić information content (AvgIpc) is 2.96. The average molecular weight is 344 g/mol. The van der Waals surface area contributed by atoms with Gasteiger partial charge < -0.3 is 16.0 Å². The first-order valence-corrected chi connectivity index (χ1v) is 8.79. The van der Waals surface area contributed by atoms with Gasteiger partial charge in [-0.3, -0.25) is 9.59 Å². The molecule has 0 spiro atoms. The molecule has 0 bridgehead atoms. The van der Waals surface area contributed by atoms with Gasteiger partial charge in [-0.2, -0.15) is 0 Å². The van der Waals surface area contributed by atoms with E-state index in [2.05, 4.69) is 5.32 Å². The van der Waals surface area contributed by atoms with Gasteiger partial charge in [0.05, 0.1) is 10.3 Å². The molecule has 1 saturated heterocycles. The number of carbonyl (C=O) groups excluding carboxylic acids is 2. The smallest absolute Gasteiger partial charge is 0.224 e. The molecule has 0 aliphatic carbocycles. The fourth-order valence-electron chi connectivity index (χ4n) is 2.63. The maximum atomic E-state index is 12.3. The van der Waals surface area contributed by atoms with E-state index in [9.17, 15) is 9.59 Å². The van der Waals surface area contributed by atoms with E-state index < -0.39 is 0 Å². The summed E-state index contributed by atoms with van der Waals surface area (Å²) in [5, 5.41) is 2.81. The van der Waals surface area contributed by atoms with Gasteiger partial charge in [-0.1, -0.05) is 11.6 Å². The first kappa shape index (κ1) is 17.2.